The van der Waals surface area contributed by atoms with Gasteiger partial charge in [-0.2, -0.15) is 0 Å². The third-order valence-corrected chi connectivity index (χ3v) is 5.47. The molecule has 1 aliphatic rings. The lowest BCUT2D eigenvalue weighted by atomic mass is 10.1. The summed E-state index contributed by atoms with van der Waals surface area (Å²) in [5, 5.41) is 6.27. The topological polar surface area (TPSA) is 32.3 Å². The molecular formula is C14H16N2OS2. The molecule has 0 unspecified atom stereocenters. The van der Waals surface area contributed by atoms with Crippen molar-refractivity contribution in [3.63, 3.8) is 0 Å². The van der Waals surface area contributed by atoms with E-state index in [1.807, 2.05) is 17.5 Å². The van der Waals surface area contributed by atoms with Gasteiger partial charge in [0, 0.05) is 18.5 Å². The molecule has 0 atom stereocenters. The maximum Gasteiger partial charge on any atom is 0.261 e. The Kier molecular flexibility index (Phi) is 3.57. The van der Waals surface area contributed by atoms with Crippen LogP contribution in [0.1, 0.15) is 26.5 Å². The molecule has 1 amide bonds. The Morgan fingerprint density at radius 3 is 3.16 bits per heavy atom. The van der Waals surface area contributed by atoms with Gasteiger partial charge in [0.15, 0.2) is 0 Å². The lowest BCUT2D eigenvalue weighted by Gasteiger charge is -2.23. The molecule has 1 N–H and O–H groups in total. The number of carbonyl (C=O) groups is 1. The minimum atomic E-state index is 0.0428. The zero-order chi connectivity index (χ0) is 13.2. The van der Waals surface area contributed by atoms with Crippen molar-refractivity contribution in [2.24, 2.45) is 0 Å². The number of hydrogen-bond donors (Lipinski definition) is 1. The molecule has 0 saturated heterocycles. The maximum atomic E-state index is 12.1. The Balaban J connectivity index is 1.70. The van der Waals surface area contributed by atoms with Gasteiger partial charge in [-0.3, -0.25) is 4.79 Å². The van der Waals surface area contributed by atoms with Crippen LogP contribution >= 0.6 is 22.7 Å². The van der Waals surface area contributed by atoms with Gasteiger partial charge in [-0.15, -0.1) is 22.7 Å². The smallest absolute Gasteiger partial charge is 0.261 e. The molecule has 0 saturated carbocycles. The number of amides is 1. The number of nitrogens with zero attached hydrogens (tertiary/aromatic N) is 1. The molecule has 19 heavy (non-hydrogen) atoms. The van der Waals surface area contributed by atoms with E-state index in [-0.39, 0.29) is 5.91 Å². The second-order valence-corrected chi connectivity index (χ2v) is 6.79. The maximum absolute atomic E-state index is 12.1. The van der Waals surface area contributed by atoms with Crippen LogP contribution in [0.25, 0.3) is 0 Å². The minimum absolute atomic E-state index is 0.0428. The lowest BCUT2D eigenvalue weighted by Crippen LogP contribution is -2.22. The molecule has 0 aliphatic carbocycles. The Morgan fingerprint density at radius 1 is 1.53 bits per heavy atom. The lowest BCUT2D eigenvalue weighted by molar-refractivity contribution is 0.0955. The Bertz CT molecular complexity index is 574. The van der Waals surface area contributed by atoms with Crippen molar-refractivity contribution in [3.8, 4) is 0 Å². The highest BCUT2D eigenvalue weighted by molar-refractivity contribution is 7.18. The van der Waals surface area contributed by atoms with Crippen LogP contribution < -0.4 is 10.2 Å². The molecule has 0 bridgehead atoms. The fraction of sp³-hybridized carbons (Fsp3) is 0.357. The molecular weight excluding hydrogens is 276 g/mol. The Hall–Kier alpha value is -1.33. The summed E-state index contributed by atoms with van der Waals surface area (Å²) in [5.41, 5.74) is 1.32. The van der Waals surface area contributed by atoms with Gasteiger partial charge in [0.05, 0.1) is 16.4 Å². The van der Waals surface area contributed by atoms with Crippen LogP contribution in [-0.2, 0) is 13.0 Å². The van der Waals surface area contributed by atoms with Gasteiger partial charge >= 0.3 is 0 Å². The number of aryl methyl sites for hydroxylation is 1. The summed E-state index contributed by atoms with van der Waals surface area (Å²) in [6.07, 6.45) is 2.27. The highest BCUT2D eigenvalue weighted by atomic mass is 32.1. The van der Waals surface area contributed by atoms with Gasteiger partial charge in [0.1, 0.15) is 0 Å². The fourth-order valence-electron chi connectivity index (χ4n) is 2.31. The molecule has 2 aromatic rings. The molecule has 0 radical (unpaired) electrons. The quantitative estimate of drug-likeness (QED) is 0.942. The number of hydrogen-bond acceptors (Lipinski definition) is 4. The van der Waals surface area contributed by atoms with Crippen molar-refractivity contribution in [2.45, 2.75) is 19.4 Å². The number of carbonyl (C=O) groups excluding carboxylic acids is 1. The molecule has 100 valence electrons. The number of fused-ring (bicyclic) bond motifs is 1. The monoisotopic (exact) mass is 292 g/mol. The number of nitrogens with one attached hydrogen (secondary N) is 1. The summed E-state index contributed by atoms with van der Waals surface area (Å²) in [7, 11) is 2.10. The summed E-state index contributed by atoms with van der Waals surface area (Å²) in [4.78, 5) is 16.4. The molecule has 3 nitrogen and oxygen atoms in total. The molecule has 1 aliphatic heterocycles. The van der Waals surface area contributed by atoms with E-state index in [2.05, 4.69) is 23.3 Å². The summed E-state index contributed by atoms with van der Waals surface area (Å²) in [5.74, 6) is 0.0428. The van der Waals surface area contributed by atoms with E-state index in [4.69, 9.17) is 0 Å². The first-order valence-electron chi connectivity index (χ1n) is 6.38. The summed E-state index contributed by atoms with van der Waals surface area (Å²) in [6, 6.07) is 6.10. The van der Waals surface area contributed by atoms with Crippen LogP contribution in [0.15, 0.2) is 23.6 Å². The normalized spacial score (nSPS) is 14.3. The predicted octanol–water partition coefficient (Wildman–Crippen LogP) is 3.12. The molecule has 5 heteroatoms. The Labute approximate surface area is 120 Å². The Morgan fingerprint density at radius 2 is 2.42 bits per heavy atom. The number of rotatable bonds is 3. The first-order valence-corrected chi connectivity index (χ1v) is 8.08. The predicted molar refractivity (Wildman–Crippen MR) is 81.4 cm³/mol. The van der Waals surface area contributed by atoms with E-state index >= 15 is 0 Å². The van der Waals surface area contributed by atoms with E-state index in [0.717, 1.165) is 17.8 Å². The van der Waals surface area contributed by atoms with Gasteiger partial charge in [-0.1, -0.05) is 6.07 Å². The average molecular weight is 292 g/mol. The highest BCUT2D eigenvalue weighted by Gasteiger charge is 2.20. The zero-order valence-electron chi connectivity index (χ0n) is 10.8. The zero-order valence-corrected chi connectivity index (χ0v) is 12.4. The second kappa shape index (κ2) is 5.35. The van der Waals surface area contributed by atoms with Crippen molar-refractivity contribution in [1.82, 2.24) is 5.32 Å². The van der Waals surface area contributed by atoms with Crippen LogP contribution in [0.3, 0.4) is 0 Å². The molecule has 3 rings (SSSR count). The standard InChI is InChI=1S/C14H16N2OS2/c1-16-6-2-4-10-8-12(19-14(10)16)13(17)15-9-11-5-3-7-18-11/h3,5,7-8H,2,4,6,9H2,1H3,(H,15,17). The second-order valence-electron chi connectivity index (χ2n) is 4.73. The summed E-state index contributed by atoms with van der Waals surface area (Å²) < 4.78 is 0. The minimum Gasteiger partial charge on any atom is -0.366 e. The third-order valence-electron chi connectivity index (χ3n) is 3.30. The number of thiophene rings is 2. The van der Waals surface area contributed by atoms with Crippen molar-refractivity contribution in [1.29, 1.82) is 0 Å². The summed E-state index contributed by atoms with van der Waals surface area (Å²) >= 11 is 3.27. The van der Waals surface area contributed by atoms with E-state index in [1.54, 1.807) is 22.7 Å². The van der Waals surface area contributed by atoms with Gasteiger partial charge < -0.3 is 10.2 Å². The fourth-order valence-corrected chi connectivity index (χ4v) is 4.07. The van der Waals surface area contributed by atoms with E-state index in [1.165, 1.54) is 21.9 Å². The number of anilines is 1. The van der Waals surface area contributed by atoms with Crippen molar-refractivity contribution < 1.29 is 4.79 Å². The van der Waals surface area contributed by atoms with Crippen LogP contribution in [0.5, 0.6) is 0 Å². The third kappa shape index (κ3) is 2.67. The molecule has 0 spiro atoms. The SMILES string of the molecule is CN1CCCc2cc(C(=O)NCc3cccs3)sc21. The average Bonchev–Trinajstić information content (AvgIpc) is 3.05. The summed E-state index contributed by atoms with van der Waals surface area (Å²) in [6.45, 7) is 1.71. The van der Waals surface area contributed by atoms with Gasteiger partial charge in [0.2, 0.25) is 0 Å². The van der Waals surface area contributed by atoms with Crippen molar-refractivity contribution >= 4 is 33.6 Å². The van der Waals surface area contributed by atoms with Gasteiger partial charge in [-0.05, 0) is 35.9 Å². The van der Waals surface area contributed by atoms with Gasteiger partial charge in [-0.25, -0.2) is 0 Å². The van der Waals surface area contributed by atoms with Crippen molar-refractivity contribution in [2.75, 3.05) is 18.5 Å². The van der Waals surface area contributed by atoms with Crippen LogP contribution in [0.4, 0.5) is 5.00 Å². The van der Waals surface area contributed by atoms with Gasteiger partial charge in [0.25, 0.3) is 5.91 Å². The van der Waals surface area contributed by atoms with Crippen LogP contribution in [-0.4, -0.2) is 19.5 Å². The highest BCUT2D eigenvalue weighted by Crippen LogP contribution is 2.34. The molecule has 0 aromatic carbocycles. The van der Waals surface area contributed by atoms with E-state index in [0.29, 0.717) is 6.54 Å². The first kappa shape index (κ1) is 12.7. The molecule has 0 fully saturated rings. The van der Waals surface area contributed by atoms with Crippen LogP contribution in [0.2, 0.25) is 0 Å². The molecule has 2 aromatic heterocycles. The van der Waals surface area contributed by atoms with Crippen molar-refractivity contribution in [3.05, 3.63) is 38.9 Å². The first-order chi connectivity index (χ1) is 9.24. The van der Waals surface area contributed by atoms with Crippen LogP contribution in [0, 0.1) is 0 Å². The largest absolute Gasteiger partial charge is 0.366 e. The van der Waals surface area contributed by atoms with E-state index in [9.17, 15) is 4.79 Å². The molecule has 3 heterocycles. The van der Waals surface area contributed by atoms with E-state index < -0.39 is 0 Å².